The molecule has 1 aliphatic heterocycles. The number of hydrogen-bond acceptors (Lipinski definition) is 4. The number of hydrogen-bond donors (Lipinski definition) is 1. The average molecular weight is 376 g/mol. The molecule has 28 heavy (non-hydrogen) atoms. The molecule has 1 fully saturated rings. The largest absolute Gasteiger partial charge is 0.474 e. The van der Waals surface area contributed by atoms with Gasteiger partial charge < -0.3 is 15.0 Å². The van der Waals surface area contributed by atoms with Gasteiger partial charge in [-0.1, -0.05) is 42.5 Å². The molecule has 2 aromatic carbocycles. The monoisotopic (exact) mass is 376 g/mol. The van der Waals surface area contributed by atoms with Crippen molar-refractivity contribution in [1.29, 1.82) is 0 Å². The Kier molecular flexibility index (Phi) is 5.37. The van der Waals surface area contributed by atoms with E-state index in [0.717, 1.165) is 18.4 Å². The quantitative estimate of drug-likeness (QED) is 0.754. The first kappa shape index (κ1) is 18.2. The lowest BCUT2D eigenvalue weighted by Gasteiger charge is -2.32. The number of piperidine rings is 1. The number of likely N-dealkylation sites (tertiary alicyclic amines) is 1. The van der Waals surface area contributed by atoms with E-state index in [0.29, 0.717) is 31.3 Å². The van der Waals surface area contributed by atoms with E-state index in [9.17, 15) is 4.79 Å². The lowest BCUT2D eigenvalue weighted by molar-refractivity contribution is 0.107. The lowest BCUT2D eigenvalue weighted by atomic mass is 10.0. The zero-order chi connectivity index (χ0) is 19.3. The molecule has 1 aliphatic rings. The fraction of sp³-hybridized carbons (Fsp3) is 0.318. The molecule has 2 amide bonds. The van der Waals surface area contributed by atoms with Crippen LogP contribution in [0.15, 0.2) is 54.7 Å². The molecule has 2 heterocycles. The van der Waals surface area contributed by atoms with E-state index >= 15 is 0 Å². The summed E-state index contributed by atoms with van der Waals surface area (Å²) in [5.41, 5.74) is 1.13. The summed E-state index contributed by atoms with van der Waals surface area (Å²) < 4.78 is 5.93. The Morgan fingerprint density at radius 2 is 1.93 bits per heavy atom. The molecule has 0 saturated carbocycles. The maximum Gasteiger partial charge on any atom is 0.317 e. The van der Waals surface area contributed by atoms with Crippen LogP contribution in [-0.2, 0) is 6.54 Å². The van der Waals surface area contributed by atoms with Gasteiger partial charge in [0.15, 0.2) is 0 Å². The van der Waals surface area contributed by atoms with E-state index in [2.05, 4.69) is 39.6 Å². The highest BCUT2D eigenvalue weighted by atomic mass is 16.5. The van der Waals surface area contributed by atoms with Crippen LogP contribution in [0.2, 0.25) is 0 Å². The Balaban J connectivity index is 1.29. The second-order valence-electron chi connectivity index (χ2n) is 7.04. The van der Waals surface area contributed by atoms with Crippen molar-refractivity contribution in [2.24, 2.45) is 0 Å². The third-order valence-electron chi connectivity index (χ3n) is 5.08. The van der Waals surface area contributed by atoms with Crippen LogP contribution >= 0.6 is 0 Å². The number of carbonyl (C=O) groups is 1. The molecule has 0 spiro atoms. The highest BCUT2D eigenvalue weighted by Crippen LogP contribution is 2.19. The number of aromatic nitrogens is 2. The van der Waals surface area contributed by atoms with Crippen LogP contribution in [0.25, 0.3) is 10.8 Å². The zero-order valence-corrected chi connectivity index (χ0v) is 16.0. The molecule has 3 aromatic rings. The molecule has 1 N–H and O–H groups in total. The van der Waals surface area contributed by atoms with Crippen LogP contribution < -0.4 is 10.1 Å². The van der Waals surface area contributed by atoms with Crippen molar-refractivity contribution in [3.05, 3.63) is 66.1 Å². The molecule has 6 heteroatoms. The molecule has 4 rings (SSSR count). The summed E-state index contributed by atoms with van der Waals surface area (Å²) in [4.78, 5) is 22.8. The second kappa shape index (κ2) is 8.25. The molecule has 1 saturated heterocycles. The fourth-order valence-corrected chi connectivity index (χ4v) is 3.58. The molecular weight excluding hydrogens is 352 g/mol. The molecule has 0 aliphatic carbocycles. The van der Waals surface area contributed by atoms with E-state index in [4.69, 9.17) is 4.74 Å². The van der Waals surface area contributed by atoms with Gasteiger partial charge in [-0.15, -0.1) is 0 Å². The van der Waals surface area contributed by atoms with Gasteiger partial charge in [-0.25, -0.2) is 9.78 Å². The van der Waals surface area contributed by atoms with E-state index in [1.54, 1.807) is 12.3 Å². The second-order valence-corrected chi connectivity index (χ2v) is 7.04. The van der Waals surface area contributed by atoms with Gasteiger partial charge in [-0.05, 0) is 23.3 Å². The number of urea groups is 1. The van der Waals surface area contributed by atoms with E-state index < -0.39 is 0 Å². The van der Waals surface area contributed by atoms with E-state index in [-0.39, 0.29) is 12.1 Å². The topological polar surface area (TPSA) is 67.3 Å². The third-order valence-corrected chi connectivity index (χ3v) is 5.08. The van der Waals surface area contributed by atoms with E-state index in [1.165, 1.54) is 10.8 Å². The van der Waals surface area contributed by atoms with Gasteiger partial charge in [0.2, 0.25) is 5.88 Å². The van der Waals surface area contributed by atoms with Crippen LogP contribution in [0.5, 0.6) is 5.88 Å². The summed E-state index contributed by atoms with van der Waals surface area (Å²) in [6, 6.07) is 16.2. The summed E-state index contributed by atoms with van der Waals surface area (Å²) in [7, 11) is 0. The Hall–Kier alpha value is -3.15. The van der Waals surface area contributed by atoms with Gasteiger partial charge in [0.05, 0.1) is 0 Å². The average Bonchev–Trinajstić information content (AvgIpc) is 2.72. The van der Waals surface area contributed by atoms with Crippen molar-refractivity contribution in [1.82, 2.24) is 20.2 Å². The highest BCUT2D eigenvalue weighted by molar-refractivity contribution is 5.86. The fourth-order valence-electron chi connectivity index (χ4n) is 3.58. The van der Waals surface area contributed by atoms with Gasteiger partial charge in [-0.2, -0.15) is 4.98 Å². The molecule has 144 valence electrons. The van der Waals surface area contributed by atoms with Crippen molar-refractivity contribution in [2.75, 3.05) is 13.1 Å². The predicted molar refractivity (Wildman–Crippen MR) is 108 cm³/mol. The Morgan fingerprint density at radius 3 is 2.75 bits per heavy atom. The van der Waals surface area contributed by atoms with E-state index in [1.807, 2.05) is 30.0 Å². The van der Waals surface area contributed by atoms with Crippen molar-refractivity contribution in [3.8, 4) is 5.88 Å². The van der Waals surface area contributed by atoms with Crippen LogP contribution in [-0.4, -0.2) is 40.1 Å². The summed E-state index contributed by atoms with van der Waals surface area (Å²) in [5.74, 6) is 1.30. The van der Waals surface area contributed by atoms with Gasteiger partial charge in [-0.3, -0.25) is 0 Å². The molecule has 0 unspecified atom stereocenters. The summed E-state index contributed by atoms with van der Waals surface area (Å²) in [6.07, 6.45) is 3.37. The predicted octanol–water partition coefficient (Wildman–Crippen LogP) is 3.69. The minimum Gasteiger partial charge on any atom is -0.474 e. The van der Waals surface area contributed by atoms with Crippen molar-refractivity contribution < 1.29 is 9.53 Å². The number of rotatable bonds is 4. The minimum atomic E-state index is -0.0238. The number of fused-ring (bicyclic) bond motifs is 1. The zero-order valence-electron chi connectivity index (χ0n) is 16.0. The third kappa shape index (κ3) is 4.22. The molecular formula is C22H24N4O2. The highest BCUT2D eigenvalue weighted by Gasteiger charge is 2.24. The number of carbonyl (C=O) groups excluding carboxylic acids is 1. The van der Waals surface area contributed by atoms with Crippen molar-refractivity contribution >= 4 is 16.8 Å². The van der Waals surface area contributed by atoms with Crippen LogP contribution in [0.3, 0.4) is 0 Å². The first-order chi connectivity index (χ1) is 13.7. The number of amides is 2. The number of nitrogens with zero attached hydrogens (tertiary/aromatic N) is 3. The maximum absolute atomic E-state index is 12.6. The summed E-state index contributed by atoms with van der Waals surface area (Å²) >= 11 is 0. The van der Waals surface area contributed by atoms with Gasteiger partial charge >= 0.3 is 6.03 Å². The standard InChI is InChI=1S/C22H24N4O2/c1-16-23-12-9-21(25-16)28-19-10-13-26(14-11-19)22(27)24-15-18-7-4-6-17-5-2-3-8-20(17)18/h2-9,12,19H,10-11,13-15H2,1H3,(H,24,27). The normalized spacial score (nSPS) is 14.8. The van der Waals surface area contributed by atoms with Gasteiger partial charge in [0, 0.05) is 44.7 Å². The van der Waals surface area contributed by atoms with Crippen LogP contribution in [0.1, 0.15) is 24.2 Å². The first-order valence-electron chi connectivity index (χ1n) is 9.65. The van der Waals surface area contributed by atoms with Crippen LogP contribution in [0, 0.1) is 6.92 Å². The number of benzene rings is 2. The van der Waals surface area contributed by atoms with Gasteiger partial charge in [0.25, 0.3) is 0 Å². The Labute approximate surface area is 164 Å². The Morgan fingerprint density at radius 1 is 1.14 bits per heavy atom. The summed E-state index contributed by atoms with van der Waals surface area (Å²) in [5, 5.41) is 5.42. The molecule has 0 bridgehead atoms. The first-order valence-corrected chi connectivity index (χ1v) is 9.65. The van der Waals surface area contributed by atoms with Crippen molar-refractivity contribution in [3.63, 3.8) is 0 Å². The minimum absolute atomic E-state index is 0.0238. The Bertz CT molecular complexity index is 962. The smallest absolute Gasteiger partial charge is 0.317 e. The number of ether oxygens (including phenoxy) is 1. The summed E-state index contributed by atoms with van der Waals surface area (Å²) in [6.45, 7) is 3.72. The number of aryl methyl sites for hydroxylation is 1. The lowest BCUT2D eigenvalue weighted by Crippen LogP contribution is -2.46. The molecule has 0 atom stereocenters. The molecule has 1 aromatic heterocycles. The number of nitrogens with one attached hydrogen (secondary N) is 1. The molecule has 6 nitrogen and oxygen atoms in total. The maximum atomic E-state index is 12.6. The van der Waals surface area contributed by atoms with Gasteiger partial charge in [0.1, 0.15) is 11.9 Å². The SMILES string of the molecule is Cc1nccc(OC2CCN(C(=O)NCc3cccc4ccccc34)CC2)n1. The van der Waals surface area contributed by atoms with Crippen molar-refractivity contribution in [2.45, 2.75) is 32.4 Å². The van der Waals surface area contributed by atoms with Crippen LogP contribution in [0.4, 0.5) is 4.79 Å². The molecule has 0 radical (unpaired) electrons.